The molecule has 18 heavy (non-hydrogen) atoms. The molecule has 0 aliphatic rings. The van der Waals surface area contributed by atoms with Crippen LogP contribution in [0.15, 0.2) is 24.3 Å². The molecule has 0 aliphatic carbocycles. The number of rotatable bonds is 5. The van der Waals surface area contributed by atoms with E-state index in [0.717, 1.165) is 6.42 Å². The molecule has 0 radical (unpaired) electrons. The number of hydrogen-bond acceptors (Lipinski definition) is 2. The Kier molecular flexibility index (Phi) is 5.09. The van der Waals surface area contributed by atoms with Gasteiger partial charge < -0.3 is 16.4 Å². The minimum atomic E-state index is -0.450. The maximum Gasteiger partial charge on any atom is 0.319 e. The quantitative estimate of drug-likeness (QED) is 0.754. The van der Waals surface area contributed by atoms with Gasteiger partial charge in [0.25, 0.3) is 0 Å². The van der Waals surface area contributed by atoms with Gasteiger partial charge in [0, 0.05) is 6.54 Å². The summed E-state index contributed by atoms with van der Waals surface area (Å²) >= 11 is 0. The summed E-state index contributed by atoms with van der Waals surface area (Å²) in [4.78, 5) is 11.6. The molecular weight excluding hydrogens is 233 g/mol. The Labute approximate surface area is 107 Å². The van der Waals surface area contributed by atoms with E-state index in [2.05, 4.69) is 10.6 Å². The van der Waals surface area contributed by atoms with E-state index in [1.54, 1.807) is 12.1 Å². The van der Waals surface area contributed by atoms with Gasteiger partial charge in [0.1, 0.15) is 5.82 Å². The lowest BCUT2D eigenvalue weighted by atomic mass is 9.89. The number of para-hydroxylation sites is 1. The lowest BCUT2D eigenvalue weighted by Crippen LogP contribution is -2.37. The van der Waals surface area contributed by atoms with Crippen molar-refractivity contribution in [1.29, 1.82) is 0 Å². The normalized spacial score (nSPS) is 11.1. The second-order valence-electron chi connectivity index (χ2n) is 4.99. The summed E-state index contributed by atoms with van der Waals surface area (Å²) in [5, 5.41) is 5.18. The summed E-state index contributed by atoms with van der Waals surface area (Å²) in [6, 6.07) is 5.64. The zero-order valence-corrected chi connectivity index (χ0v) is 10.8. The first-order valence-corrected chi connectivity index (χ1v) is 5.94. The predicted molar refractivity (Wildman–Crippen MR) is 70.9 cm³/mol. The number of carbonyl (C=O) groups excluding carboxylic acids is 1. The first-order chi connectivity index (χ1) is 8.44. The van der Waals surface area contributed by atoms with E-state index in [1.807, 2.05) is 13.8 Å². The molecule has 2 amide bonds. The Balaban J connectivity index is 2.46. The SMILES string of the molecule is CC(C)(CCN)CNC(=O)Nc1ccccc1F. The summed E-state index contributed by atoms with van der Waals surface area (Å²) in [6.45, 7) is 5.10. The second kappa shape index (κ2) is 6.35. The van der Waals surface area contributed by atoms with Crippen LogP contribution in [0.5, 0.6) is 0 Å². The van der Waals surface area contributed by atoms with Gasteiger partial charge in [0.2, 0.25) is 0 Å². The highest BCUT2D eigenvalue weighted by Crippen LogP contribution is 2.17. The van der Waals surface area contributed by atoms with Crippen LogP contribution in [-0.4, -0.2) is 19.1 Å². The average Bonchev–Trinajstić information content (AvgIpc) is 2.30. The third kappa shape index (κ3) is 4.71. The Hall–Kier alpha value is -1.62. The lowest BCUT2D eigenvalue weighted by molar-refractivity contribution is 0.243. The van der Waals surface area contributed by atoms with Crippen molar-refractivity contribution in [1.82, 2.24) is 5.32 Å². The Morgan fingerprint density at radius 1 is 1.39 bits per heavy atom. The molecule has 0 spiro atoms. The van der Waals surface area contributed by atoms with Crippen LogP contribution in [0.25, 0.3) is 0 Å². The number of amides is 2. The van der Waals surface area contributed by atoms with Gasteiger partial charge in [0.15, 0.2) is 0 Å². The molecule has 0 atom stereocenters. The Morgan fingerprint density at radius 3 is 2.67 bits per heavy atom. The molecule has 0 saturated carbocycles. The maximum absolute atomic E-state index is 13.3. The van der Waals surface area contributed by atoms with Crippen LogP contribution in [-0.2, 0) is 0 Å². The number of nitrogens with one attached hydrogen (secondary N) is 2. The summed E-state index contributed by atoms with van der Waals surface area (Å²) in [6.07, 6.45) is 0.812. The Bertz CT molecular complexity index is 407. The number of carbonyl (C=O) groups is 1. The molecule has 0 bridgehead atoms. The van der Waals surface area contributed by atoms with Gasteiger partial charge in [-0.3, -0.25) is 0 Å². The number of benzene rings is 1. The molecule has 0 aliphatic heterocycles. The van der Waals surface area contributed by atoms with Crippen molar-refractivity contribution >= 4 is 11.7 Å². The van der Waals surface area contributed by atoms with E-state index in [-0.39, 0.29) is 11.1 Å². The van der Waals surface area contributed by atoms with E-state index >= 15 is 0 Å². The first kappa shape index (κ1) is 14.4. The summed E-state index contributed by atoms with van der Waals surface area (Å²) < 4.78 is 13.3. The van der Waals surface area contributed by atoms with Crippen LogP contribution in [0, 0.1) is 11.2 Å². The topological polar surface area (TPSA) is 67.1 Å². The third-order valence-corrected chi connectivity index (χ3v) is 2.67. The van der Waals surface area contributed by atoms with E-state index in [9.17, 15) is 9.18 Å². The molecule has 0 unspecified atom stereocenters. The lowest BCUT2D eigenvalue weighted by Gasteiger charge is -2.24. The van der Waals surface area contributed by atoms with Crippen molar-refractivity contribution < 1.29 is 9.18 Å². The predicted octanol–water partition coefficient (Wildman–Crippen LogP) is 2.32. The van der Waals surface area contributed by atoms with Gasteiger partial charge in [0.05, 0.1) is 5.69 Å². The average molecular weight is 253 g/mol. The van der Waals surface area contributed by atoms with Gasteiger partial charge in [-0.1, -0.05) is 26.0 Å². The highest BCUT2D eigenvalue weighted by Gasteiger charge is 2.17. The standard InChI is InChI=1S/C13H20FN3O/c1-13(2,7-8-15)9-16-12(18)17-11-6-4-3-5-10(11)14/h3-6H,7-9,15H2,1-2H3,(H2,16,17,18). The summed E-state index contributed by atoms with van der Waals surface area (Å²) in [7, 11) is 0. The zero-order valence-electron chi connectivity index (χ0n) is 10.8. The molecule has 1 rings (SSSR count). The maximum atomic E-state index is 13.3. The van der Waals surface area contributed by atoms with E-state index in [1.165, 1.54) is 12.1 Å². The zero-order chi connectivity index (χ0) is 13.6. The largest absolute Gasteiger partial charge is 0.337 e. The van der Waals surface area contributed by atoms with Crippen molar-refractivity contribution in [3.63, 3.8) is 0 Å². The molecule has 4 N–H and O–H groups in total. The molecule has 1 aromatic rings. The minimum absolute atomic E-state index is 0.0681. The van der Waals surface area contributed by atoms with Gasteiger partial charge in [-0.15, -0.1) is 0 Å². The number of hydrogen-bond donors (Lipinski definition) is 3. The smallest absolute Gasteiger partial charge is 0.319 e. The molecular formula is C13H20FN3O. The van der Waals surface area contributed by atoms with Gasteiger partial charge in [-0.25, -0.2) is 9.18 Å². The van der Waals surface area contributed by atoms with Gasteiger partial charge >= 0.3 is 6.03 Å². The van der Waals surface area contributed by atoms with Crippen molar-refractivity contribution in [2.75, 3.05) is 18.4 Å². The van der Waals surface area contributed by atoms with Crippen molar-refractivity contribution in [2.45, 2.75) is 20.3 Å². The van der Waals surface area contributed by atoms with Crippen molar-refractivity contribution in [2.24, 2.45) is 11.1 Å². The molecule has 1 aromatic carbocycles. The molecule has 0 heterocycles. The fraction of sp³-hybridized carbons (Fsp3) is 0.462. The molecule has 0 aromatic heterocycles. The molecule has 100 valence electrons. The number of anilines is 1. The number of urea groups is 1. The third-order valence-electron chi connectivity index (χ3n) is 2.67. The van der Waals surface area contributed by atoms with Crippen molar-refractivity contribution in [3.8, 4) is 0 Å². The minimum Gasteiger partial charge on any atom is -0.337 e. The second-order valence-corrected chi connectivity index (χ2v) is 4.99. The van der Waals surface area contributed by atoms with Gasteiger partial charge in [-0.2, -0.15) is 0 Å². The molecule has 4 nitrogen and oxygen atoms in total. The fourth-order valence-electron chi connectivity index (χ4n) is 1.53. The molecule has 0 saturated heterocycles. The van der Waals surface area contributed by atoms with E-state index in [0.29, 0.717) is 13.1 Å². The number of halogens is 1. The molecule has 5 heteroatoms. The van der Waals surface area contributed by atoms with Crippen LogP contribution in [0.4, 0.5) is 14.9 Å². The Morgan fingerprint density at radius 2 is 2.06 bits per heavy atom. The van der Waals surface area contributed by atoms with E-state index < -0.39 is 11.8 Å². The van der Waals surface area contributed by atoms with Crippen molar-refractivity contribution in [3.05, 3.63) is 30.1 Å². The van der Waals surface area contributed by atoms with Crippen LogP contribution >= 0.6 is 0 Å². The summed E-state index contributed by atoms with van der Waals surface area (Å²) in [5.41, 5.74) is 5.59. The summed E-state index contributed by atoms with van der Waals surface area (Å²) in [5.74, 6) is -0.450. The van der Waals surface area contributed by atoms with Gasteiger partial charge in [-0.05, 0) is 30.5 Å². The fourth-order valence-corrected chi connectivity index (χ4v) is 1.53. The van der Waals surface area contributed by atoms with Crippen LogP contribution in [0.3, 0.4) is 0 Å². The monoisotopic (exact) mass is 253 g/mol. The highest BCUT2D eigenvalue weighted by molar-refractivity contribution is 5.89. The van der Waals surface area contributed by atoms with Crippen LogP contribution in [0.1, 0.15) is 20.3 Å². The number of nitrogens with two attached hydrogens (primary N) is 1. The molecule has 0 fully saturated rings. The van der Waals surface area contributed by atoms with Crippen LogP contribution in [0.2, 0.25) is 0 Å². The highest BCUT2D eigenvalue weighted by atomic mass is 19.1. The van der Waals surface area contributed by atoms with Crippen LogP contribution < -0.4 is 16.4 Å². The first-order valence-electron chi connectivity index (χ1n) is 5.94. The van der Waals surface area contributed by atoms with E-state index in [4.69, 9.17) is 5.73 Å².